The molecule has 0 fully saturated rings. The van der Waals surface area contributed by atoms with E-state index in [0.717, 1.165) is 16.7 Å². The molecule has 0 aliphatic rings. The van der Waals surface area contributed by atoms with Crippen molar-refractivity contribution in [2.75, 3.05) is 0 Å². The van der Waals surface area contributed by atoms with Crippen LogP contribution >= 0.6 is 0 Å². The maximum atomic E-state index is 11.2. The first kappa shape index (κ1) is 9.71. The topological polar surface area (TPSA) is 76.5 Å². The summed E-state index contributed by atoms with van der Waals surface area (Å²) in [6.07, 6.45) is 3.11. The van der Waals surface area contributed by atoms with Crippen LogP contribution in [0.25, 0.3) is 16.7 Å². The smallest absolute Gasteiger partial charge is 0.248 e. The largest absolute Gasteiger partial charge is 0.322 e. The van der Waals surface area contributed by atoms with Crippen molar-refractivity contribution < 1.29 is 0 Å². The second-order valence-electron chi connectivity index (χ2n) is 3.64. The third-order valence-electron chi connectivity index (χ3n) is 2.55. The first-order valence-corrected chi connectivity index (χ1v) is 5.11. The van der Waals surface area contributed by atoms with Crippen LogP contribution < -0.4 is 5.56 Å². The van der Waals surface area contributed by atoms with E-state index in [1.807, 2.05) is 6.92 Å². The molecule has 6 nitrogen and oxygen atoms in total. The molecule has 84 valence electrons. The van der Waals surface area contributed by atoms with Crippen molar-refractivity contribution in [3.63, 3.8) is 0 Å². The maximum absolute atomic E-state index is 11.2. The minimum Gasteiger partial charge on any atom is -0.322 e. The summed E-state index contributed by atoms with van der Waals surface area (Å²) in [5.74, 6) is 1.41. The Balaban J connectivity index is 2.38. The van der Waals surface area contributed by atoms with Crippen molar-refractivity contribution in [3.05, 3.63) is 46.9 Å². The summed E-state index contributed by atoms with van der Waals surface area (Å²) in [6.45, 7) is 1.85. The first-order chi connectivity index (χ1) is 8.25. The molecule has 0 bridgehead atoms. The van der Waals surface area contributed by atoms with Gasteiger partial charge in [0, 0.05) is 17.6 Å². The fourth-order valence-electron chi connectivity index (χ4n) is 1.74. The van der Waals surface area contributed by atoms with Gasteiger partial charge >= 0.3 is 0 Å². The Morgan fingerprint density at radius 1 is 1.24 bits per heavy atom. The molecule has 0 aliphatic heterocycles. The van der Waals surface area contributed by atoms with E-state index in [9.17, 15) is 4.79 Å². The summed E-state index contributed by atoms with van der Waals surface area (Å²) >= 11 is 0. The molecule has 1 N–H and O–H groups in total. The highest BCUT2D eigenvalue weighted by Gasteiger charge is 2.08. The van der Waals surface area contributed by atoms with Crippen molar-refractivity contribution >= 4 is 10.9 Å². The minimum absolute atomic E-state index is 0.134. The van der Waals surface area contributed by atoms with Crippen LogP contribution in [0.2, 0.25) is 0 Å². The number of hydrogen-bond acceptors (Lipinski definition) is 4. The lowest BCUT2D eigenvalue weighted by molar-refractivity contribution is 0.819. The number of aromatic amines is 1. The molecular formula is C11H9N5O. The fourth-order valence-corrected chi connectivity index (χ4v) is 1.74. The fraction of sp³-hybridized carbons (Fsp3) is 0.0909. The van der Waals surface area contributed by atoms with Crippen LogP contribution in [0.5, 0.6) is 0 Å². The second kappa shape index (κ2) is 3.51. The SMILES string of the molecule is Cc1ncnn1-c1nccc2[nH]c(=O)ccc12. The standard InChI is InChI=1S/C11H9N5O/c1-7-13-6-14-16(7)11-8-2-3-10(17)15-9(8)4-5-12-11/h2-6H,1H3,(H,15,17). The molecule has 0 saturated heterocycles. The molecule has 0 aliphatic carbocycles. The molecule has 0 atom stereocenters. The molecule has 3 heterocycles. The number of rotatable bonds is 1. The second-order valence-corrected chi connectivity index (χ2v) is 3.64. The lowest BCUT2D eigenvalue weighted by atomic mass is 10.2. The average molecular weight is 227 g/mol. The van der Waals surface area contributed by atoms with Gasteiger partial charge in [0.2, 0.25) is 5.56 Å². The Labute approximate surface area is 96.0 Å². The molecule has 3 rings (SSSR count). The number of aromatic nitrogens is 5. The van der Waals surface area contributed by atoms with Crippen molar-refractivity contribution in [2.45, 2.75) is 6.92 Å². The van der Waals surface area contributed by atoms with E-state index in [1.165, 1.54) is 12.4 Å². The number of nitrogens with one attached hydrogen (secondary N) is 1. The van der Waals surface area contributed by atoms with Crippen LogP contribution in [0, 0.1) is 6.92 Å². The van der Waals surface area contributed by atoms with Crippen LogP contribution in [-0.2, 0) is 0 Å². The predicted octanol–water partition coefficient (Wildman–Crippen LogP) is 0.812. The highest BCUT2D eigenvalue weighted by molar-refractivity contribution is 5.84. The zero-order valence-corrected chi connectivity index (χ0v) is 9.08. The summed E-state index contributed by atoms with van der Waals surface area (Å²) in [5.41, 5.74) is 0.599. The summed E-state index contributed by atoms with van der Waals surface area (Å²) in [6, 6.07) is 4.96. The molecule has 3 aromatic rings. The van der Waals surface area contributed by atoms with Gasteiger partial charge in [0.1, 0.15) is 12.2 Å². The van der Waals surface area contributed by atoms with Crippen molar-refractivity contribution in [1.82, 2.24) is 24.7 Å². The number of H-pyrrole nitrogens is 1. The Bertz CT molecular complexity index is 743. The van der Waals surface area contributed by atoms with Gasteiger partial charge in [-0.3, -0.25) is 4.79 Å². The molecule has 0 aromatic carbocycles. The zero-order valence-electron chi connectivity index (χ0n) is 9.08. The van der Waals surface area contributed by atoms with Crippen molar-refractivity contribution in [1.29, 1.82) is 0 Å². The molecular weight excluding hydrogens is 218 g/mol. The van der Waals surface area contributed by atoms with E-state index in [4.69, 9.17) is 0 Å². The van der Waals surface area contributed by atoms with Crippen LogP contribution in [0.15, 0.2) is 35.5 Å². The molecule has 0 unspecified atom stereocenters. The average Bonchev–Trinajstić information content (AvgIpc) is 2.74. The summed E-state index contributed by atoms with van der Waals surface area (Å²) in [4.78, 5) is 22.3. The highest BCUT2D eigenvalue weighted by atomic mass is 16.1. The molecule has 0 radical (unpaired) electrons. The van der Waals surface area contributed by atoms with E-state index in [-0.39, 0.29) is 5.56 Å². The highest BCUT2D eigenvalue weighted by Crippen LogP contribution is 2.16. The van der Waals surface area contributed by atoms with Gasteiger partial charge in [-0.1, -0.05) is 0 Å². The molecule has 6 heteroatoms. The van der Waals surface area contributed by atoms with Gasteiger partial charge in [-0.2, -0.15) is 9.78 Å². The number of pyridine rings is 2. The summed E-state index contributed by atoms with van der Waals surface area (Å²) in [7, 11) is 0. The van der Waals surface area contributed by atoms with Gasteiger partial charge in [-0.25, -0.2) is 9.97 Å². The third-order valence-corrected chi connectivity index (χ3v) is 2.55. The summed E-state index contributed by atoms with van der Waals surface area (Å²) in [5, 5.41) is 4.94. The van der Waals surface area contributed by atoms with Gasteiger partial charge in [0.05, 0.1) is 5.52 Å². The third kappa shape index (κ3) is 1.50. The van der Waals surface area contributed by atoms with E-state index >= 15 is 0 Å². The monoisotopic (exact) mass is 227 g/mol. The number of nitrogens with zero attached hydrogens (tertiary/aromatic N) is 4. The summed E-state index contributed by atoms with van der Waals surface area (Å²) < 4.78 is 1.64. The quantitative estimate of drug-likeness (QED) is 0.667. The van der Waals surface area contributed by atoms with Crippen LogP contribution in [0.4, 0.5) is 0 Å². The lowest BCUT2D eigenvalue weighted by Crippen LogP contribution is -2.07. The first-order valence-electron chi connectivity index (χ1n) is 5.11. The maximum Gasteiger partial charge on any atom is 0.248 e. The van der Waals surface area contributed by atoms with Gasteiger partial charge in [0.25, 0.3) is 0 Å². The van der Waals surface area contributed by atoms with Crippen LogP contribution in [0.1, 0.15) is 5.82 Å². The van der Waals surface area contributed by atoms with Gasteiger partial charge < -0.3 is 4.98 Å². The van der Waals surface area contributed by atoms with Crippen molar-refractivity contribution in [3.8, 4) is 5.82 Å². The Kier molecular flexibility index (Phi) is 2.01. The molecule has 0 saturated carbocycles. The molecule has 17 heavy (non-hydrogen) atoms. The van der Waals surface area contributed by atoms with Crippen LogP contribution in [0.3, 0.4) is 0 Å². The van der Waals surface area contributed by atoms with Crippen LogP contribution in [-0.4, -0.2) is 24.7 Å². The number of fused-ring (bicyclic) bond motifs is 1. The van der Waals surface area contributed by atoms with E-state index in [0.29, 0.717) is 5.82 Å². The van der Waals surface area contributed by atoms with E-state index in [2.05, 4.69) is 20.1 Å². The van der Waals surface area contributed by atoms with Crippen molar-refractivity contribution in [2.24, 2.45) is 0 Å². The normalized spacial score (nSPS) is 10.9. The Morgan fingerprint density at radius 3 is 2.88 bits per heavy atom. The number of aryl methyl sites for hydroxylation is 1. The van der Waals surface area contributed by atoms with E-state index in [1.54, 1.807) is 23.0 Å². The molecule has 0 spiro atoms. The molecule has 3 aromatic heterocycles. The number of hydrogen-bond donors (Lipinski definition) is 1. The zero-order chi connectivity index (χ0) is 11.8. The molecule has 0 amide bonds. The Hall–Kier alpha value is -2.50. The van der Waals surface area contributed by atoms with Gasteiger partial charge in [-0.15, -0.1) is 0 Å². The van der Waals surface area contributed by atoms with Gasteiger partial charge in [0.15, 0.2) is 5.82 Å². The van der Waals surface area contributed by atoms with Gasteiger partial charge in [-0.05, 0) is 19.1 Å². The predicted molar refractivity (Wildman–Crippen MR) is 62.0 cm³/mol. The minimum atomic E-state index is -0.134. The van der Waals surface area contributed by atoms with E-state index < -0.39 is 0 Å². The Morgan fingerprint density at radius 2 is 2.12 bits per heavy atom. The lowest BCUT2D eigenvalue weighted by Gasteiger charge is -2.05.